The number of carbonyl (C=O) groups excluding carboxylic acids is 1. The molecule has 0 radical (unpaired) electrons. The van der Waals surface area contributed by atoms with Crippen molar-refractivity contribution >= 4 is 23.6 Å². The molecule has 1 saturated carbocycles. The summed E-state index contributed by atoms with van der Waals surface area (Å²) in [4.78, 5) is 11.7. The Morgan fingerprint density at radius 1 is 1.38 bits per heavy atom. The molecule has 0 atom stereocenters. The normalized spacial score (nSPS) is 15.0. The molecule has 0 N–H and O–H groups in total. The molecule has 1 aliphatic carbocycles. The molecule has 6 heteroatoms. The van der Waals surface area contributed by atoms with Gasteiger partial charge >= 0.3 is 5.97 Å². The second-order valence-corrected chi connectivity index (χ2v) is 5.85. The molecular weight excluding hydrogens is 330 g/mol. The summed E-state index contributed by atoms with van der Waals surface area (Å²) in [6.07, 6.45) is 5.92. The van der Waals surface area contributed by atoms with Gasteiger partial charge in [-0.1, -0.05) is 11.6 Å². The Bertz CT molecular complexity index is 672. The maximum atomic E-state index is 11.7. The third-order valence-electron chi connectivity index (χ3n) is 3.79. The summed E-state index contributed by atoms with van der Waals surface area (Å²) < 4.78 is 16.2. The van der Waals surface area contributed by atoms with Crippen molar-refractivity contribution in [3.63, 3.8) is 0 Å². The van der Waals surface area contributed by atoms with E-state index in [0.29, 0.717) is 22.1 Å². The maximum Gasteiger partial charge on any atom is 0.348 e. The molecule has 24 heavy (non-hydrogen) atoms. The van der Waals surface area contributed by atoms with Crippen LogP contribution in [0.5, 0.6) is 11.5 Å². The van der Waals surface area contributed by atoms with E-state index in [2.05, 4.69) is 0 Å². The first-order valence-electron chi connectivity index (χ1n) is 7.92. The van der Waals surface area contributed by atoms with Crippen molar-refractivity contribution in [1.82, 2.24) is 0 Å². The highest BCUT2D eigenvalue weighted by Gasteiger charge is 2.20. The van der Waals surface area contributed by atoms with Crippen LogP contribution in [0.25, 0.3) is 6.08 Å². The van der Waals surface area contributed by atoms with E-state index in [4.69, 9.17) is 31.1 Å². The predicted octanol–water partition coefficient (Wildman–Crippen LogP) is 4.14. The average Bonchev–Trinajstić information content (AvgIpc) is 3.07. The highest BCUT2D eigenvalue weighted by molar-refractivity contribution is 6.32. The number of esters is 1. The predicted molar refractivity (Wildman–Crippen MR) is 91.1 cm³/mol. The lowest BCUT2D eigenvalue weighted by Gasteiger charge is -2.17. The number of halogens is 1. The van der Waals surface area contributed by atoms with Gasteiger partial charge in [0.25, 0.3) is 0 Å². The number of hydrogen-bond donors (Lipinski definition) is 0. The molecule has 0 aromatic heterocycles. The van der Waals surface area contributed by atoms with Gasteiger partial charge in [0.2, 0.25) is 0 Å². The summed E-state index contributed by atoms with van der Waals surface area (Å²) in [6, 6.07) is 5.14. The summed E-state index contributed by atoms with van der Waals surface area (Å²) in [5.41, 5.74) is 0.377. The van der Waals surface area contributed by atoms with E-state index in [-0.39, 0.29) is 18.3 Å². The number of ether oxygens (including phenoxy) is 3. The first kappa shape index (κ1) is 18.2. The molecule has 0 saturated heterocycles. The van der Waals surface area contributed by atoms with Crippen LogP contribution in [0.2, 0.25) is 5.02 Å². The summed E-state index contributed by atoms with van der Waals surface area (Å²) in [6.45, 7) is 1.88. The third kappa shape index (κ3) is 4.42. The minimum atomic E-state index is -0.679. The minimum Gasteiger partial charge on any atom is -0.493 e. The van der Waals surface area contributed by atoms with Crippen molar-refractivity contribution in [2.75, 3.05) is 13.7 Å². The molecule has 1 aliphatic rings. The van der Waals surface area contributed by atoms with Crippen LogP contribution in [0.4, 0.5) is 0 Å². The molecule has 0 amide bonds. The lowest BCUT2D eigenvalue weighted by Crippen LogP contribution is -2.11. The average molecular weight is 350 g/mol. The van der Waals surface area contributed by atoms with Crippen LogP contribution in [0.15, 0.2) is 17.7 Å². The number of nitrogens with zero attached hydrogens (tertiary/aromatic N) is 1. The SMILES string of the molecule is CCOC(=O)/C(C#N)=C/c1cc(OC)c(OC2CCCC2)cc1Cl. The molecule has 0 unspecified atom stereocenters. The summed E-state index contributed by atoms with van der Waals surface area (Å²) in [5, 5.41) is 9.50. The van der Waals surface area contributed by atoms with E-state index in [1.807, 2.05) is 6.07 Å². The van der Waals surface area contributed by atoms with E-state index in [1.54, 1.807) is 19.1 Å². The second kappa shape index (κ2) is 8.60. The number of benzene rings is 1. The van der Waals surface area contributed by atoms with Crippen LogP contribution < -0.4 is 9.47 Å². The summed E-state index contributed by atoms with van der Waals surface area (Å²) in [7, 11) is 1.54. The van der Waals surface area contributed by atoms with Gasteiger partial charge in [-0.2, -0.15) is 5.26 Å². The van der Waals surface area contributed by atoms with E-state index in [1.165, 1.54) is 13.2 Å². The van der Waals surface area contributed by atoms with E-state index in [9.17, 15) is 4.79 Å². The van der Waals surface area contributed by atoms with Crippen LogP contribution in [0, 0.1) is 11.3 Å². The van der Waals surface area contributed by atoms with Gasteiger partial charge in [-0.25, -0.2) is 4.79 Å². The Morgan fingerprint density at radius 2 is 2.08 bits per heavy atom. The molecule has 2 rings (SSSR count). The zero-order valence-electron chi connectivity index (χ0n) is 13.8. The molecular formula is C18H20ClNO4. The van der Waals surface area contributed by atoms with Gasteiger partial charge < -0.3 is 14.2 Å². The van der Waals surface area contributed by atoms with Gasteiger partial charge in [-0.15, -0.1) is 0 Å². The number of methoxy groups -OCH3 is 1. The number of nitriles is 1. The van der Waals surface area contributed by atoms with Crippen molar-refractivity contribution in [1.29, 1.82) is 5.26 Å². The Labute approximate surface area is 146 Å². The Kier molecular flexibility index (Phi) is 6.51. The van der Waals surface area contributed by atoms with Crippen LogP contribution in [0.3, 0.4) is 0 Å². The first-order valence-corrected chi connectivity index (χ1v) is 8.30. The quantitative estimate of drug-likeness (QED) is 0.438. The van der Waals surface area contributed by atoms with Crippen molar-refractivity contribution in [3.8, 4) is 17.6 Å². The summed E-state index contributed by atoms with van der Waals surface area (Å²) in [5.74, 6) is 0.404. The van der Waals surface area contributed by atoms with Gasteiger partial charge in [0, 0.05) is 6.07 Å². The minimum absolute atomic E-state index is 0.120. The van der Waals surface area contributed by atoms with Crippen molar-refractivity contribution < 1.29 is 19.0 Å². The third-order valence-corrected chi connectivity index (χ3v) is 4.12. The Morgan fingerprint density at radius 3 is 2.67 bits per heavy atom. The molecule has 0 spiro atoms. The largest absolute Gasteiger partial charge is 0.493 e. The zero-order valence-corrected chi connectivity index (χ0v) is 14.6. The van der Waals surface area contributed by atoms with Crippen molar-refractivity contribution in [3.05, 3.63) is 28.3 Å². The van der Waals surface area contributed by atoms with Crippen molar-refractivity contribution in [2.45, 2.75) is 38.7 Å². The molecule has 1 aromatic rings. The lowest BCUT2D eigenvalue weighted by molar-refractivity contribution is -0.137. The first-order chi connectivity index (χ1) is 11.6. The smallest absolute Gasteiger partial charge is 0.348 e. The Balaban J connectivity index is 2.31. The molecule has 0 aliphatic heterocycles. The topological polar surface area (TPSA) is 68.6 Å². The highest BCUT2D eigenvalue weighted by atomic mass is 35.5. The van der Waals surface area contributed by atoms with Gasteiger partial charge in [0.05, 0.1) is 24.8 Å². The summed E-state index contributed by atoms with van der Waals surface area (Å²) >= 11 is 6.28. The second-order valence-electron chi connectivity index (χ2n) is 5.44. The van der Waals surface area contributed by atoms with Crippen LogP contribution in [-0.4, -0.2) is 25.8 Å². The zero-order chi connectivity index (χ0) is 17.5. The standard InChI is InChI=1S/C18H20ClNO4/c1-3-23-18(21)13(11-20)8-12-9-16(22-2)17(10-15(12)19)24-14-6-4-5-7-14/h8-10,14H,3-7H2,1-2H3/b13-8+. The molecule has 5 nitrogen and oxygen atoms in total. The molecule has 0 bridgehead atoms. The molecule has 1 fully saturated rings. The molecule has 1 aromatic carbocycles. The molecule has 0 heterocycles. The van der Waals surface area contributed by atoms with E-state index < -0.39 is 5.97 Å². The van der Waals surface area contributed by atoms with Gasteiger partial charge in [0.15, 0.2) is 11.5 Å². The highest BCUT2D eigenvalue weighted by Crippen LogP contribution is 2.36. The van der Waals surface area contributed by atoms with E-state index >= 15 is 0 Å². The number of hydrogen-bond acceptors (Lipinski definition) is 5. The number of carbonyl (C=O) groups is 1. The van der Waals surface area contributed by atoms with Gasteiger partial charge in [-0.3, -0.25) is 0 Å². The Hall–Kier alpha value is -2.19. The molecule has 128 valence electrons. The van der Waals surface area contributed by atoms with Crippen LogP contribution in [0.1, 0.15) is 38.2 Å². The monoisotopic (exact) mass is 349 g/mol. The lowest BCUT2D eigenvalue weighted by atomic mass is 10.1. The maximum absolute atomic E-state index is 11.7. The van der Waals surface area contributed by atoms with Crippen LogP contribution in [-0.2, 0) is 9.53 Å². The fraction of sp³-hybridized carbons (Fsp3) is 0.444. The van der Waals surface area contributed by atoms with E-state index in [0.717, 1.165) is 25.7 Å². The van der Waals surface area contributed by atoms with Crippen molar-refractivity contribution in [2.24, 2.45) is 0 Å². The van der Waals surface area contributed by atoms with Gasteiger partial charge in [0.1, 0.15) is 11.6 Å². The fourth-order valence-electron chi connectivity index (χ4n) is 2.60. The fourth-order valence-corrected chi connectivity index (χ4v) is 2.81. The van der Waals surface area contributed by atoms with Crippen LogP contribution >= 0.6 is 11.6 Å². The number of rotatable bonds is 6. The van der Waals surface area contributed by atoms with Gasteiger partial charge in [-0.05, 0) is 50.3 Å².